The zero-order chi connectivity index (χ0) is 18.8. The van der Waals surface area contributed by atoms with E-state index in [0.717, 1.165) is 21.5 Å². The third kappa shape index (κ3) is 3.25. The third-order valence-electron chi connectivity index (χ3n) is 3.91. The fourth-order valence-electron chi connectivity index (χ4n) is 2.68. The van der Waals surface area contributed by atoms with Crippen LogP contribution in [0.2, 0.25) is 0 Å². The smallest absolute Gasteiger partial charge is 0.283 e. The number of nitrogens with zero attached hydrogens (tertiary/aromatic N) is 5. The Morgan fingerprint density at radius 3 is 2.64 bits per heavy atom. The van der Waals surface area contributed by atoms with Crippen LogP contribution in [0, 0.1) is 0 Å². The zero-order valence-electron chi connectivity index (χ0n) is 14.4. The summed E-state index contributed by atoms with van der Waals surface area (Å²) in [5.41, 5.74) is 1.00. The lowest BCUT2D eigenvalue weighted by Crippen LogP contribution is -1.98. The van der Waals surface area contributed by atoms with Gasteiger partial charge in [-0.2, -0.15) is 0 Å². The van der Waals surface area contributed by atoms with Crippen LogP contribution in [0.5, 0.6) is 0 Å². The van der Waals surface area contributed by atoms with Crippen LogP contribution in [0.25, 0.3) is 28.0 Å². The molecule has 0 bridgehead atoms. The number of benzene rings is 1. The van der Waals surface area contributed by atoms with E-state index in [1.165, 1.54) is 11.8 Å². The molecule has 0 saturated carbocycles. The van der Waals surface area contributed by atoms with Crippen molar-refractivity contribution >= 4 is 23.1 Å². The summed E-state index contributed by atoms with van der Waals surface area (Å²) in [5, 5.41) is 19.7. The Balaban J connectivity index is 1.44. The van der Waals surface area contributed by atoms with Crippen molar-refractivity contribution < 1.29 is 8.83 Å². The molecule has 1 aromatic carbocycles. The standard InChI is InChI=1S/C19H13N5O2S2/c1-2-6-13(7-3-1)24-17(15-9-5-11-27-15)21-23-19(24)28-12-16-20-22-18(26-16)14-8-4-10-25-14/h1-11H,12H2. The van der Waals surface area contributed by atoms with Gasteiger partial charge in [0.05, 0.1) is 16.9 Å². The lowest BCUT2D eigenvalue weighted by molar-refractivity contribution is 0.494. The minimum Gasteiger partial charge on any atom is -0.459 e. The molecule has 5 aromatic rings. The van der Waals surface area contributed by atoms with E-state index in [4.69, 9.17) is 8.83 Å². The molecule has 9 heteroatoms. The number of furan rings is 1. The highest BCUT2D eigenvalue weighted by molar-refractivity contribution is 7.98. The highest BCUT2D eigenvalue weighted by atomic mass is 32.2. The van der Waals surface area contributed by atoms with E-state index in [9.17, 15) is 0 Å². The summed E-state index contributed by atoms with van der Waals surface area (Å²) in [6.07, 6.45) is 1.57. The molecule has 7 nitrogen and oxygen atoms in total. The lowest BCUT2D eigenvalue weighted by atomic mass is 10.3. The number of thiophene rings is 1. The average Bonchev–Trinajstić information content (AvgIpc) is 3.53. The maximum absolute atomic E-state index is 5.68. The molecule has 28 heavy (non-hydrogen) atoms. The predicted octanol–water partition coefficient (Wildman–Crippen LogP) is 4.93. The van der Waals surface area contributed by atoms with Crippen LogP contribution in [0.15, 0.2) is 80.2 Å². The summed E-state index contributed by atoms with van der Waals surface area (Å²) >= 11 is 3.12. The number of thioether (sulfide) groups is 1. The highest BCUT2D eigenvalue weighted by Crippen LogP contribution is 2.31. The highest BCUT2D eigenvalue weighted by Gasteiger charge is 2.18. The maximum atomic E-state index is 5.68. The molecule has 0 radical (unpaired) electrons. The van der Waals surface area contributed by atoms with Crippen molar-refractivity contribution in [3.05, 3.63) is 72.1 Å². The van der Waals surface area contributed by atoms with Gasteiger partial charge in [0, 0.05) is 5.69 Å². The SMILES string of the molecule is c1ccc(-n2c(SCc3nnc(-c4ccco4)o3)nnc2-c2cccs2)cc1. The van der Waals surface area contributed by atoms with Crippen LogP contribution in [-0.2, 0) is 5.75 Å². The van der Waals surface area contributed by atoms with Gasteiger partial charge >= 0.3 is 0 Å². The molecule has 4 aromatic heterocycles. The molecular weight excluding hydrogens is 394 g/mol. The largest absolute Gasteiger partial charge is 0.459 e. The second-order valence-corrected chi connectivity index (χ2v) is 7.61. The van der Waals surface area contributed by atoms with Gasteiger partial charge in [-0.3, -0.25) is 4.57 Å². The number of hydrogen-bond acceptors (Lipinski definition) is 8. The lowest BCUT2D eigenvalue weighted by Gasteiger charge is -2.08. The molecule has 0 saturated heterocycles. The van der Waals surface area contributed by atoms with Gasteiger partial charge in [-0.05, 0) is 35.7 Å². The van der Waals surface area contributed by atoms with Gasteiger partial charge in [0.25, 0.3) is 5.89 Å². The summed E-state index contributed by atoms with van der Waals surface area (Å²) in [6, 6.07) is 17.7. The van der Waals surface area contributed by atoms with E-state index in [0.29, 0.717) is 23.3 Å². The minimum atomic E-state index is 0.365. The Labute approximate surface area is 168 Å². The fraction of sp³-hybridized carbons (Fsp3) is 0.0526. The summed E-state index contributed by atoms with van der Waals surface area (Å²) in [4.78, 5) is 1.06. The van der Waals surface area contributed by atoms with Crippen LogP contribution in [0.4, 0.5) is 0 Å². The van der Waals surface area contributed by atoms with Crippen molar-refractivity contribution in [2.45, 2.75) is 10.9 Å². The van der Waals surface area contributed by atoms with Crippen LogP contribution < -0.4 is 0 Å². The van der Waals surface area contributed by atoms with Crippen molar-refractivity contribution in [3.63, 3.8) is 0 Å². The molecule has 0 aliphatic rings. The minimum absolute atomic E-state index is 0.365. The van der Waals surface area contributed by atoms with Gasteiger partial charge in [0.15, 0.2) is 16.7 Å². The summed E-state index contributed by atoms with van der Waals surface area (Å²) in [6.45, 7) is 0. The third-order valence-corrected chi connectivity index (χ3v) is 5.69. The molecule has 0 N–H and O–H groups in total. The molecule has 0 unspecified atom stereocenters. The number of rotatable bonds is 6. The van der Waals surface area contributed by atoms with Crippen LogP contribution in [0.3, 0.4) is 0 Å². The number of hydrogen-bond donors (Lipinski definition) is 0. The van der Waals surface area contributed by atoms with Gasteiger partial charge in [-0.25, -0.2) is 0 Å². The Hall–Kier alpha value is -3.17. The topological polar surface area (TPSA) is 82.8 Å². The van der Waals surface area contributed by atoms with Crippen molar-refractivity contribution in [1.82, 2.24) is 25.0 Å². The van der Waals surface area contributed by atoms with E-state index in [-0.39, 0.29) is 0 Å². The summed E-state index contributed by atoms with van der Waals surface area (Å²) < 4.78 is 13.0. The average molecular weight is 407 g/mol. The first-order valence-corrected chi connectivity index (χ1v) is 10.3. The zero-order valence-corrected chi connectivity index (χ0v) is 16.1. The van der Waals surface area contributed by atoms with Gasteiger partial charge in [0.1, 0.15) is 0 Å². The second kappa shape index (κ2) is 7.45. The Morgan fingerprint density at radius 2 is 1.86 bits per heavy atom. The molecule has 0 amide bonds. The van der Waals surface area contributed by atoms with Gasteiger partial charge in [-0.1, -0.05) is 36.0 Å². The molecule has 0 aliphatic carbocycles. The van der Waals surface area contributed by atoms with Crippen LogP contribution in [-0.4, -0.2) is 25.0 Å². The second-order valence-electron chi connectivity index (χ2n) is 5.72. The molecule has 0 atom stereocenters. The van der Waals surface area contributed by atoms with Crippen molar-refractivity contribution in [3.8, 4) is 28.0 Å². The molecule has 0 fully saturated rings. The Bertz CT molecular complexity index is 1160. The first-order chi connectivity index (χ1) is 13.9. The van der Waals surface area contributed by atoms with Gasteiger partial charge in [-0.15, -0.1) is 31.7 Å². The van der Waals surface area contributed by atoms with Crippen molar-refractivity contribution in [1.29, 1.82) is 0 Å². The summed E-state index contributed by atoms with van der Waals surface area (Å²) in [7, 11) is 0. The molecule has 138 valence electrons. The van der Waals surface area contributed by atoms with E-state index in [1.54, 1.807) is 29.7 Å². The first kappa shape index (κ1) is 17.0. The molecule has 0 spiro atoms. The van der Waals surface area contributed by atoms with Crippen molar-refractivity contribution in [2.24, 2.45) is 0 Å². The molecular formula is C19H13N5O2S2. The fourth-order valence-corrected chi connectivity index (χ4v) is 4.16. The first-order valence-electron chi connectivity index (χ1n) is 8.42. The quantitative estimate of drug-likeness (QED) is 0.369. The Morgan fingerprint density at radius 1 is 0.929 bits per heavy atom. The van der Waals surface area contributed by atoms with Gasteiger partial charge < -0.3 is 8.83 Å². The normalized spacial score (nSPS) is 11.1. The molecule has 0 aliphatic heterocycles. The van der Waals surface area contributed by atoms with Crippen LogP contribution >= 0.6 is 23.1 Å². The molecule has 5 rings (SSSR count). The Kier molecular flexibility index (Phi) is 4.51. The molecule has 4 heterocycles. The van der Waals surface area contributed by atoms with Gasteiger partial charge in [0.2, 0.25) is 5.89 Å². The monoisotopic (exact) mass is 407 g/mol. The van der Waals surface area contributed by atoms with E-state index >= 15 is 0 Å². The van der Waals surface area contributed by atoms with E-state index < -0.39 is 0 Å². The number of aromatic nitrogens is 5. The number of para-hydroxylation sites is 1. The predicted molar refractivity (Wildman–Crippen MR) is 106 cm³/mol. The van der Waals surface area contributed by atoms with E-state index in [2.05, 4.69) is 20.4 Å². The maximum Gasteiger partial charge on any atom is 0.283 e. The van der Waals surface area contributed by atoms with E-state index in [1.807, 2.05) is 52.4 Å². The van der Waals surface area contributed by atoms with Crippen LogP contribution in [0.1, 0.15) is 5.89 Å². The summed E-state index contributed by atoms with van der Waals surface area (Å²) in [5.74, 6) is 2.70. The van der Waals surface area contributed by atoms with Crippen molar-refractivity contribution in [2.75, 3.05) is 0 Å².